The van der Waals surface area contributed by atoms with Gasteiger partial charge in [-0.1, -0.05) is 43.7 Å². The molecule has 1 atom stereocenters. The summed E-state index contributed by atoms with van der Waals surface area (Å²) in [6, 6.07) is 11.5. The number of nitrogens with one attached hydrogen (secondary N) is 1. The monoisotopic (exact) mass is 519 g/mol. The maximum atomic E-state index is 13.7. The lowest BCUT2D eigenvalue weighted by molar-refractivity contribution is -0.140. The number of rotatable bonds is 13. The van der Waals surface area contributed by atoms with Crippen molar-refractivity contribution in [3.63, 3.8) is 0 Å². The third kappa shape index (κ3) is 7.61. The molecule has 0 aliphatic heterocycles. The van der Waals surface area contributed by atoms with Gasteiger partial charge in [0.2, 0.25) is 21.8 Å². The highest BCUT2D eigenvalue weighted by atomic mass is 32.2. The van der Waals surface area contributed by atoms with Crippen LogP contribution in [0.5, 0.6) is 11.5 Å². The van der Waals surface area contributed by atoms with E-state index in [0.717, 1.165) is 28.1 Å². The summed E-state index contributed by atoms with van der Waals surface area (Å²) in [7, 11) is -0.923. The summed E-state index contributed by atoms with van der Waals surface area (Å²) in [4.78, 5) is 28.1. The van der Waals surface area contributed by atoms with Gasteiger partial charge < -0.3 is 19.7 Å². The average Bonchev–Trinajstić information content (AvgIpc) is 2.84. The Morgan fingerprint density at radius 2 is 1.72 bits per heavy atom. The largest absolute Gasteiger partial charge is 0.493 e. The molecule has 0 fully saturated rings. The van der Waals surface area contributed by atoms with Gasteiger partial charge in [-0.2, -0.15) is 0 Å². The summed E-state index contributed by atoms with van der Waals surface area (Å²) in [5.74, 6) is 0.00595. The van der Waals surface area contributed by atoms with E-state index >= 15 is 0 Å². The molecule has 9 nitrogen and oxygen atoms in total. The maximum Gasteiger partial charge on any atom is 0.244 e. The van der Waals surface area contributed by atoms with Gasteiger partial charge in [-0.15, -0.1) is 0 Å². The molecule has 198 valence electrons. The van der Waals surface area contributed by atoms with Crippen LogP contribution in [-0.4, -0.2) is 64.7 Å². The van der Waals surface area contributed by atoms with E-state index in [0.29, 0.717) is 24.5 Å². The minimum atomic E-state index is -3.85. The molecule has 0 aliphatic carbocycles. The lowest BCUT2D eigenvalue weighted by Crippen LogP contribution is -2.52. The van der Waals surface area contributed by atoms with Crippen LogP contribution in [0.3, 0.4) is 0 Å². The highest BCUT2D eigenvalue weighted by molar-refractivity contribution is 7.92. The predicted octanol–water partition coefficient (Wildman–Crippen LogP) is 3.11. The number of anilines is 1. The van der Waals surface area contributed by atoms with E-state index < -0.39 is 28.5 Å². The van der Waals surface area contributed by atoms with E-state index in [2.05, 4.69) is 5.32 Å². The Kier molecular flexibility index (Phi) is 10.6. The summed E-state index contributed by atoms with van der Waals surface area (Å²) < 4.78 is 37.1. The Morgan fingerprint density at radius 1 is 1.03 bits per heavy atom. The SMILES string of the molecule is CCCNC(=O)[C@@H](CC)N(Cc1cccc(C)c1)C(=O)CN(c1ccc(OC)c(OC)c1)S(C)(=O)=O. The number of hydrogen-bond acceptors (Lipinski definition) is 6. The summed E-state index contributed by atoms with van der Waals surface area (Å²) in [5, 5.41) is 2.86. The number of nitrogens with zero attached hydrogens (tertiary/aromatic N) is 2. The lowest BCUT2D eigenvalue weighted by atomic mass is 10.1. The smallest absolute Gasteiger partial charge is 0.244 e. The maximum absolute atomic E-state index is 13.7. The second-order valence-corrected chi connectivity index (χ2v) is 10.4. The van der Waals surface area contributed by atoms with Crippen LogP contribution in [0.4, 0.5) is 5.69 Å². The molecule has 0 saturated carbocycles. The van der Waals surface area contributed by atoms with Gasteiger partial charge in [-0.25, -0.2) is 8.42 Å². The highest BCUT2D eigenvalue weighted by Crippen LogP contribution is 2.32. The summed E-state index contributed by atoms with van der Waals surface area (Å²) in [6.45, 7) is 5.91. The third-order valence-corrected chi connectivity index (χ3v) is 6.85. The van der Waals surface area contributed by atoms with Crippen LogP contribution < -0.4 is 19.1 Å². The summed E-state index contributed by atoms with van der Waals surface area (Å²) >= 11 is 0. The molecule has 0 saturated heterocycles. The number of benzene rings is 2. The van der Waals surface area contributed by atoms with Crippen molar-refractivity contribution in [2.24, 2.45) is 0 Å². The van der Waals surface area contributed by atoms with Crippen LogP contribution in [0.15, 0.2) is 42.5 Å². The molecule has 2 rings (SSSR count). The van der Waals surface area contributed by atoms with Crippen LogP contribution in [0.1, 0.15) is 37.8 Å². The average molecular weight is 520 g/mol. The topological polar surface area (TPSA) is 105 Å². The first-order valence-corrected chi connectivity index (χ1v) is 13.7. The second-order valence-electron chi connectivity index (χ2n) is 8.53. The number of aryl methyl sites for hydroxylation is 1. The van der Waals surface area contributed by atoms with Crippen molar-refractivity contribution in [1.29, 1.82) is 0 Å². The van der Waals surface area contributed by atoms with E-state index in [1.54, 1.807) is 12.1 Å². The fraction of sp³-hybridized carbons (Fsp3) is 0.462. The molecule has 36 heavy (non-hydrogen) atoms. The van der Waals surface area contributed by atoms with E-state index in [9.17, 15) is 18.0 Å². The molecule has 10 heteroatoms. The molecule has 2 aromatic carbocycles. The number of sulfonamides is 1. The zero-order valence-electron chi connectivity index (χ0n) is 21.9. The summed E-state index contributed by atoms with van der Waals surface area (Å²) in [6.07, 6.45) is 2.17. The van der Waals surface area contributed by atoms with Crippen LogP contribution in [-0.2, 0) is 26.2 Å². The van der Waals surface area contributed by atoms with Gasteiger partial charge in [0.1, 0.15) is 12.6 Å². The zero-order chi connectivity index (χ0) is 26.9. The van der Waals surface area contributed by atoms with E-state index in [1.807, 2.05) is 45.0 Å². The van der Waals surface area contributed by atoms with Crippen LogP contribution in [0.25, 0.3) is 0 Å². The Labute approximate surface area is 214 Å². The molecule has 0 spiro atoms. The van der Waals surface area contributed by atoms with Gasteiger partial charge in [0.25, 0.3) is 0 Å². The van der Waals surface area contributed by atoms with Crippen molar-refractivity contribution in [2.75, 3.05) is 37.9 Å². The number of hydrogen-bond donors (Lipinski definition) is 1. The van der Waals surface area contributed by atoms with E-state index in [4.69, 9.17) is 9.47 Å². The normalized spacial score (nSPS) is 11.9. The van der Waals surface area contributed by atoms with Gasteiger partial charge in [0, 0.05) is 19.2 Å². The van der Waals surface area contributed by atoms with Gasteiger partial charge in [-0.3, -0.25) is 13.9 Å². The van der Waals surface area contributed by atoms with Gasteiger partial charge in [0.15, 0.2) is 11.5 Å². The Hall–Kier alpha value is -3.27. The zero-order valence-corrected chi connectivity index (χ0v) is 22.7. The van der Waals surface area contributed by atoms with Gasteiger partial charge >= 0.3 is 0 Å². The molecular formula is C26H37N3O6S. The quantitative estimate of drug-likeness (QED) is 0.436. The van der Waals surface area contributed by atoms with Crippen molar-refractivity contribution in [1.82, 2.24) is 10.2 Å². The summed E-state index contributed by atoms with van der Waals surface area (Å²) in [5.41, 5.74) is 2.12. The minimum Gasteiger partial charge on any atom is -0.493 e. The number of methoxy groups -OCH3 is 2. The number of carbonyl (C=O) groups is 2. The molecule has 0 unspecified atom stereocenters. The van der Waals surface area contributed by atoms with Crippen LogP contribution in [0, 0.1) is 6.92 Å². The molecular weight excluding hydrogens is 482 g/mol. The molecule has 0 bridgehead atoms. The minimum absolute atomic E-state index is 0.169. The predicted molar refractivity (Wildman–Crippen MR) is 141 cm³/mol. The molecule has 2 aromatic rings. The van der Waals surface area contributed by atoms with Crippen molar-refractivity contribution < 1.29 is 27.5 Å². The van der Waals surface area contributed by atoms with Gasteiger partial charge in [0.05, 0.1) is 26.2 Å². The van der Waals surface area contributed by atoms with E-state index in [1.165, 1.54) is 25.2 Å². The third-order valence-electron chi connectivity index (χ3n) is 5.70. The van der Waals surface area contributed by atoms with Crippen molar-refractivity contribution >= 4 is 27.5 Å². The number of amides is 2. The lowest BCUT2D eigenvalue weighted by Gasteiger charge is -2.33. The fourth-order valence-corrected chi connectivity index (χ4v) is 4.73. The Morgan fingerprint density at radius 3 is 2.28 bits per heavy atom. The highest BCUT2D eigenvalue weighted by Gasteiger charge is 2.32. The number of carbonyl (C=O) groups excluding carboxylic acids is 2. The van der Waals surface area contributed by atoms with Crippen molar-refractivity contribution in [3.8, 4) is 11.5 Å². The first kappa shape index (κ1) is 29.0. The Balaban J connectivity index is 2.47. The molecule has 0 aliphatic rings. The van der Waals surface area contributed by atoms with Crippen molar-refractivity contribution in [2.45, 2.75) is 46.2 Å². The van der Waals surface area contributed by atoms with Crippen molar-refractivity contribution in [3.05, 3.63) is 53.6 Å². The first-order valence-electron chi connectivity index (χ1n) is 11.9. The van der Waals surface area contributed by atoms with Gasteiger partial charge in [-0.05, 0) is 37.5 Å². The molecule has 2 amide bonds. The fourth-order valence-electron chi connectivity index (χ4n) is 3.89. The first-order chi connectivity index (χ1) is 17.0. The molecule has 0 radical (unpaired) electrons. The van der Waals surface area contributed by atoms with E-state index in [-0.39, 0.29) is 18.1 Å². The van der Waals surface area contributed by atoms with Crippen LogP contribution >= 0.6 is 0 Å². The molecule has 0 heterocycles. The Bertz CT molecular complexity index is 1150. The molecule has 1 N–H and O–H groups in total. The second kappa shape index (κ2) is 13.2. The standard InChI is InChI=1S/C26H37N3O6S/c1-7-14-27-26(31)22(8-2)28(17-20-11-9-10-19(3)15-20)25(30)18-29(36(6,32)33)21-12-13-23(34-4)24(16-21)35-5/h9-13,15-16,22H,7-8,14,17-18H2,1-6H3,(H,27,31)/t22-/m1/s1. The number of ether oxygens (including phenoxy) is 2. The molecule has 0 aromatic heterocycles. The van der Waals surface area contributed by atoms with Crippen LogP contribution in [0.2, 0.25) is 0 Å².